The first kappa shape index (κ1) is 20.0. The van der Waals surface area contributed by atoms with Gasteiger partial charge in [0.1, 0.15) is 0 Å². The molecular formula is C22H20N2O5S. The normalized spacial score (nSPS) is 17.7. The maximum absolute atomic E-state index is 13.4. The fraction of sp³-hybridized carbons (Fsp3) is 0.227. The Morgan fingerprint density at radius 1 is 1.07 bits per heavy atom. The van der Waals surface area contributed by atoms with Gasteiger partial charge in [0, 0.05) is 30.3 Å². The second-order valence-corrected chi connectivity index (χ2v) is 9.66. The summed E-state index contributed by atoms with van der Waals surface area (Å²) in [4.78, 5) is 25.5. The number of rotatable bonds is 5. The molecule has 1 fully saturated rings. The third kappa shape index (κ3) is 4.04. The lowest BCUT2D eigenvalue weighted by Gasteiger charge is -2.29. The van der Waals surface area contributed by atoms with Gasteiger partial charge in [-0.15, -0.1) is 0 Å². The molecule has 3 aromatic rings. The maximum Gasteiger partial charge on any atom is 0.270 e. The van der Waals surface area contributed by atoms with E-state index in [0.29, 0.717) is 6.42 Å². The van der Waals surface area contributed by atoms with Gasteiger partial charge in [0.25, 0.3) is 11.6 Å². The number of nitro benzene ring substituents is 1. The highest BCUT2D eigenvalue weighted by Gasteiger charge is 2.35. The number of fused-ring (bicyclic) bond motifs is 1. The molecule has 0 bridgehead atoms. The van der Waals surface area contributed by atoms with E-state index in [9.17, 15) is 23.3 Å². The molecule has 7 nitrogen and oxygen atoms in total. The number of benzene rings is 3. The molecule has 1 heterocycles. The number of nitro groups is 1. The zero-order valence-electron chi connectivity index (χ0n) is 16.1. The molecule has 1 atom stereocenters. The highest BCUT2D eigenvalue weighted by atomic mass is 32.2. The smallest absolute Gasteiger partial charge is 0.270 e. The quantitative estimate of drug-likeness (QED) is 0.461. The molecule has 3 aromatic carbocycles. The van der Waals surface area contributed by atoms with Crippen molar-refractivity contribution in [3.8, 4) is 0 Å². The average Bonchev–Trinajstić information content (AvgIpc) is 3.11. The third-order valence-corrected chi connectivity index (χ3v) is 7.18. The molecule has 1 aliphatic rings. The molecule has 1 amide bonds. The molecule has 0 N–H and O–H groups in total. The molecule has 1 saturated heterocycles. The Morgan fingerprint density at radius 3 is 2.53 bits per heavy atom. The predicted molar refractivity (Wildman–Crippen MR) is 114 cm³/mol. The van der Waals surface area contributed by atoms with Crippen LogP contribution in [0.4, 0.5) is 5.69 Å². The number of amides is 1. The molecule has 30 heavy (non-hydrogen) atoms. The Bertz CT molecular complexity index is 1230. The average molecular weight is 424 g/mol. The number of non-ortho nitro benzene ring substituents is 1. The van der Waals surface area contributed by atoms with Gasteiger partial charge in [0.15, 0.2) is 9.84 Å². The van der Waals surface area contributed by atoms with Gasteiger partial charge >= 0.3 is 0 Å². The Balaban J connectivity index is 1.74. The van der Waals surface area contributed by atoms with E-state index in [1.165, 1.54) is 24.3 Å². The number of carbonyl (C=O) groups is 1. The number of hydrogen-bond donors (Lipinski definition) is 0. The number of carbonyl (C=O) groups excluding carboxylic acids is 1. The monoisotopic (exact) mass is 424 g/mol. The second kappa shape index (κ2) is 7.87. The molecule has 8 heteroatoms. The van der Waals surface area contributed by atoms with Crippen LogP contribution in [0.5, 0.6) is 0 Å². The van der Waals surface area contributed by atoms with Crippen molar-refractivity contribution >= 4 is 32.2 Å². The van der Waals surface area contributed by atoms with Crippen LogP contribution in [0.3, 0.4) is 0 Å². The summed E-state index contributed by atoms with van der Waals surface area (Å²) in [6.07, 6.45) is 0.355. The zero-order chi connectivity index (χ0) is 21.3. The van der Waals surface area contributed by atoms with Crippen LogP contribution >= 0.6 is 0 Å². The molecular weight excluding hydrogens is 404 g/mol. The molecule has 154 valence electrons. The lowest BCUT2D eigenvalue weighted by molar-refractivity contribution is -0.384. The summed E-state index contributed by atoms with van der Waals surface area (Å²) < 4.78 is 24.2. The predicted octanol–water partition coefficient (Wildman–Crippen LogP) is 3.58. The molecule has 0 aromatic heterocycles. The Labute approximate surface area is 174 Å². The third-order valence-electron chi connectivity index (χ3n) is 5.43. The Hall–Kier alpha value is -3.26. The number of sulfone groups is 1. The van der Waals surface area contributed by atoms with Gasteiger partial charge < -0.3 is 4.90 Å². The topological polar surface area (TPSA) is 97.6 Å². The summed E-state index contributed by atoms with van der Waals surface area (Å²) in [5.74, 6) is -0.474. The fourth-order valence-electron chi connectivity index (χ4n) is 3.92. The van der Waals surface area contributed by atoms with Crippen LogP contribution in [0.25, 0.3) is 10.8 Å². The van der Waals surface area contributed by atoms with Crippen LogP contribution in [0.15, 0.2) is 66.7 Å². The SMILES string of the molecule is O=C(c1cccc([N+](=O)[O-])c1)N(Cc1cccc2ccccc12)[C@@H]1CCS(=O)(=O)C1. The molecule has 0 saturated carbocycles. The second-order valence-electron chi connectivity index (χ2n) is 7.44. The summed E-state index contributed by atoms with van der Waals surface area (Å²) in [5.41, 5.74) is 0.898. The molecule has 0 radical (unpaired) electrons. The van der Waals surface area contributed by atoms with Gasteiger partial charge in [-0.05, 0) is 28.8 Å². The highest BCUT2D eigenvalue weighted by Crippen LogP contribution is 2.26. The fourth-order valence-corrected chi connectivity index (χ4v) is 5.65. The number of nitrogens with zero attached hydrogens (tertiary/aromatic N) is 2. The highest BCUT2D eigenvalue weighted by molar-refractivity contribution is 7.91. The van der Waals surface area contributed by atoms with E-state index >= 15 is 0 Å². The van der Waals surface area contributed by atoms with E-state index < -0.39 is 26.7 Å². The van der Waals surface area contributed by atoms with Gasteiger partial charge in [0.05, 0.1) is 16.4 Å². The van der Waals surface area contributed by atoms with Gasteiger partial charge in [-0.2, -0.15) is 0 Å². The summed E-state index contributed by atoms with van der Waals surface area (Å²) >= 11 is 0. The maximum atomic E-state index is 13.4. The lowest BCUT2D eigenvalue weighted by Crippen LogP contribution is -2.40. The Kier molecular flexibility index (Phi) is 5.26. The molecule has 1 aliphatic heterocycles. The van der Waals surface area contributed by atoms with E-state index in [4.69, 9.17) is 0 Å². The summed E-state index contributed by atoms with van der Waals surface area (Å²) in [5, 5.41) is 13.1. The van der Waals surface area contributed by atoms with E-state index in [0.717, 1.165) is 16.3 Å². The van der Waals surface area contributed by atoms with Crippen molar-refractivity contribution in [2.75, 3.05) is 11.5 Å². The summed E-state index contributed by atoms with van der Waals surface area (Å²) in [6.45, 7) is 0.225. The van der Waals surface area contributed by atoms with Gasteiger partial charge in [-0.1, -0.05) is 48.5 Å². The van der Waals surface area contributed by atoms with Gasteiger partial charge in [-0.3, -0.25) is 14.9 Å². The summed E-state index contributed by atoms with van der Waals surface area (Å²) in [6, 6.07) is 18.7. The minimum atomic E-state index is -3.21. The molecule has 0 aliphatic carbocycles. The van der Waals surface area contributed by atoms with E-state index in [-0.39, 0.29) is 29.3 Å². The minimum Gasteiger partial charge on any atom is -0.330 e. The van der Waals surface area contributed by atoms with Crippen LogP contribution in [0, 0.1) is 10.1 Å². The van der Waals surface area contributed by atoms with Crippen molar-refractivity contribution in [3.05, 3.63) is 88.0 Å². The van der Waals surface area contributed by atoms with E-state index in [2.05, 4.69) is 0 Å². The van der Waals surface area contributed by atoms with Crippen LogP contribution < -0.4 is 0 Å². The first-order valence-electron chi connectivity index (χ1n) is 9.56. The number of hydrogen-bond acceptors (Lipinski definition) is 5. The molecule has 0 spiro atoms. The Morgan fingerprint density at radius 2 is 1.80 bits per heavy atom. The van der Waals surface area contributed by atoms with Crippen LogP contribution in [0.1, 0.15) is 22.3 Å². The van der Waals surface area contributed by atoms with Crippen LogP contribution in [-0.4, -0.2) is 41.7 Å². The van der Waals surface area contributed by atoms with Crippen molar-refractivity contribution in [3.63, 3.8) is 0 Å². The van der Waals surface area contributed by atoms with Crippen LogP contribution in [0.2, 0.25) is 0 Å². The standard InChI is InChI=1S/C22H20N2O5S/c25-22(17-7-4-9-19(13-17)24(26)27)23(20-11-12-30(28,29)15-20)14-18-8-3-6-16-5-1-2-10-21(16)18/h1-10,13,20H,11-12,14-15H2/t20-/m1/s1. The first-order chi connectivity index (χ1) is 14.3. The minimum absolute atomic E-state index is 0.0337. The van der Waals surface area contributed by atoms with E-state index in [1.54, 1.807) is 4.90 Å². The zero-order valence-corrected chi connectivity index (χ0v) is 16.9. The van der Waals surface area contributed by atoms with Crippen molar-refractivity contribution in [2.45, 2.75) is 19.0 Å². The van der Waals surface area contributed by atoms with E-state index in [1.807, 2.05) is 42.5 Å². The van der Waals surface area contributed by atoms with Crippen molar-refractivity contribution in [2.24, 2.45) is 0 Å². The summed E-state index contributed by atoms with van der Waals surface area (Å²) in [7, 11) is -3.21. The molecule has 4 rings (SSSR count). The van der Waals surface area contributed by atoms with Crippen molar-refractivity contribution < 1.29 is 18.1 Å². The van der Waals surface area contributed by atoms with Crippen molar-refractivity contribution in [1.82, 2.24) is 4.90 Å². The van der Waals surface area contributed by atoms with Gasteiger partial charge in [-0.25, -0.2) is 8.42 Å². The first-order valence-corrected chi connectivity index (χ1v) is 11.4. The van der Waals surface area contributed by atoms with Crippen LogP contribution in [-0.2, 0) is 16.4 Å². The lowest BCUT2D eigenvalue weighted by atomic mass is 10.0. The molecule has 0 unspecified atom stereocenters. The van der Waals surface area contributed by atoms with Gasteiger partial charge in [0.2, 0.25) is 0 Å². The van der Waals surface area contributed by atoms with Crippen molar-refractivity contribution in [1.29, 1.82) is 0 Å². The largest absolute Gasteiger partial charge is 0.330 e.